The summed E-state index contributed by atoms with van der Waals surface area (Å²) in [7, 11) is 1.77. The van der Waals surface area contributed by atoms with Crippen molar-refractivity contribution in [1.29, 1.82) is 0 Å². The van der Waals surface area contributed by atoms with Crippen molar-refractivity contribution in [3.63, 3.8) is 0 Å². The molecule has 1 saturated heterocycles. The Kier molecular flexibility index (Phi) is 6.54. The molecule has 0 amide bonds. The van der Waals surface area contributed by atoms with Crippen LogP contribution < -0.4 is 4.90 Å². The van der Waals surface area contributed by atoms with Gasteiger partial charge in [-0.05, 0) is 38.0 Å². The number of fused-ring (bicyclic) bond motifs is 1. The molecule has 0 bridgehead atoms. The number of ether oxygens (including phenoxy) is 1. The molecule has 2 fully saturated rings. The van der Waals surface area contributed by atoms with Crippen molar-refractivity contribution in [3.05, 3.63) is 60.3 Å². The van der Waals surface area contributed by atoms with E-state index in [0.29, 0.717) is 17.2 Å². The highest BCUT2D eigenvalue weighted by molar-refractivity contribution is 5.59. The average Bonchev–Trinajstić information content (AvgIpc) is 3.57. The van der Waals surface area contributed by atoms with E-state index in [0.717, 1.165) is 62.7 Å². The van der Waals surface area contributed by atoms with Crippen LogP contribution in [0, 0.1) is 5.41 Å². The van der Waals surface area contributed by atoms with E-state index in [2.05, 4.69) is 36.9 Å². The Bertz CT molecular complexity index is 1430. The minimum absolute atomic E-state index is 0.0535. The van der Waals surface area contributed by atoms with Crippen LogP contribution >= 0.6 is 0 Å². The maximum absolute atomic E-state index is 13.4. The number of aromatic amines is 1. The number of imidazole rings is 1. The number of alkyl halides is 3. The molecular weight excluding hydrogens is 509 g/mol. The molecule has 1 saturated carbocycles. The highest BCUT2D eigenvalue weighted by Crippen LogP contribution is 2.44. The third-order valence-corrected chi connectivity index (χ3v) is 8.23. The van der Waals surface area contributed by atoms with E-state index in [9.17, 15) is 13.2 Å². The van der Waals surface area contributed by atoms with Gasteiger partial charge in [0.25, 0.3) is 0 Å². The molecule has 9 nitrogen and oxygen atoms in total. The van der Waals surface area contributed by atoms with E-state index in [1.807, 2.05) is 18.5 Å². The molecule has 6 rings (SSSR count). The van der Waals surface area contributed by atoms with Crippen LogP contribution in [0.25, 0.3) is 17.2 Å². The highest BCUT2D eigenvalue weighted by atomic mass is 19.4. The Morgan fingerprint density at radius 1 is 1.13 bits per heavy atom. The Morgan fingerprint density at radius 3 is 2.67 bits per heavy atom. The van der Waals surface area contributed by atoms with Gasteiger partial charge < -0.3 is 9.64 Å². The molecule has 2 aliphatic rings. The Morgan fingerprint density at radius 2 is 1.97 bits per heavy atom. The van der Waals surface area contributed by atoms with Gasteiger partial charge in [-0.25, -0.2) is 15.0 Å². The van der Waals surface area contributed by atoms with E-state index in [1.165, 1.54) is 23.1 Å². The fourth-order valence-corrected chi connectivity index (χ4v) is 6.18. The lowest BCUT2D eigenvalue weighted by atomic mass is 9.68. The first-order valence-electron chi connectivity index (χ1n) is 13.1. The molecule has 0 radical (unpaired) electrons. The van der Waals surface area contributed by atoms with Crippen LogP contribution in [0.5, 0.6) is 0 Å². The van der Waals surface area contributed by atoms with Gasteiger partial charge in [-0.3, -0.25) is 14.4 Å². The van der Waals surface area contributed by atoms with E-state index >= 15 is 0 Å². The number of pyridine rings is 1. The lowest BCUT2D eigenvalue weighted by Crippen LogP contribution is -2.57. The smallest absolute Gasteiger partial charge is 0.384 e. The average molecular weight is 541 g/mol. The number of nitrogens with zero attached hydrogens (tertiary/aromatic N) is 7. The number of nitrogens with one attached hydrogen (secondary N) is 1. The highest BCUT2D eigenvalue weighted by Gasteiger charge is 2.44. The molecule has 0 spiro atoms. The summed E-state index contributed by atoms with van der Waals surface area (Å²) in [6.07, 6.45) is 7.13. The van der Waals surface area contributed by atoms with Gasteiger partial charge in [0.1, 0.15) is 17.2 Å². The summed E-state index contributed by atoms with van der Waals surface area (Å²) < 4.78 is 47.1. The first-order chi connectivity index (χ1) is 18.8. The second-order valence-electron chi connectivity index (χ2n) is 10.7. The fourth-order valence-electron chi connectivity index (χ4n) is 6.18. The number of H-pyrrole nitrogens is 1. The normalized spacial score (nSPS) is 21.8. The quantitative estimate of drug-likeness (QED) is 0.367. The summed E-state index contributed by atoms with van der Waals surface area (Å²) in [5.41, 5.74) is 1.33. The van der Waals surface area contributed by atoms with Crippen LogP contribution in [0.4, 0.5) is 19.0 Å². The zero-order chi connectivity index (χ0) is 27.2. The second kappa shape index (κ2) is 9.91. The molecular formula is C27H31F3N8O. The first kappa shape index (κ1) is 25.8. The van der Waals surface area contributed by atoms with Crippen molar-refractivity contribution in [2.45, 2.75) is 44.4 Å². The zero-order valence-electron chi connectivity index (χ0n) is 21.9. The number of methoxy groups -OCH3 is 1. The predicted molar refractivity (Wildman–Crippen MR) is 139 cm³/mol. The molecule has 1 aliphatic carbocycles. The topological polar surface area (TPSA) is 87.5 Å². The Labute approximate surface area is 224 Å². The summed E-state index contributed by atoms with van der Waals surface area (Å²) >= 11 is 0. The van der Waals surface area contributed by atoms with Gasteiger partial charge in [0.05, 0.1) is 30.6 Å². The molecule has 0 aromatic carbocycles. The summed E-state index contributed by atoms with van der Waals surface area (Å²) in [4.78, 5) is 18.3. The fraction of sp³-hybridized carbons (Fsp3) is 0.481. The first-order valence-corrected chi connectivity index (χ1v) is 13.1. The van der Waals surface area contributed by atoms with Gasteiger partial charge >= 0.3 is 6.18 Å². The SMILES string of the molecule is COCC1(CN2CCN(c3ccnc(-c4cnc5ccc(C(F)(F)F)cn45)n3)[C@@H](C)[C@H]2c2cn[nH]c2)CCC1. The number of hydrogen-bond acceptors (Lipinski definition) is 7. The molecule has 0 unspecified atom stereocenters. The third-order valence-electron chi connectivity index (χ3n) is 8.23. The van der Waals surface area contributed by atoms with Crippen molar-refractivity contribution in [2.75, 3.05) is 38.3 Å². The van der Waals surface area contributed by atoms with Gasteiger partial charge in [0.15, 0.2) is 5.82 Å². The van der Waals surface area contributed by atoms with E-state index in [-0.39, 0.29) is 17.5 Å². The maximum atomic E-state index is 13.4. The van der Waals surface area contributed by atoms with Gasteiger partial charge in [0, 0.05) is 62.4 Å². The Balaban J connectivity index is 1.31. The van der Waals surface area contributed by atoms with E-state index in [1.54, 1.807) is 13.3 Å². The molecule has 4 aromatic heterocycles. The molecule has 4 aromatic rings. The van der Waals surface area contributed by atoms with Crippen molar-refractivity contribution in [2.24, 2.45) is 5.41 Å². The number of hydrogen-bond donors (Lipinski definition) is 1. The van der Waals surface area contributed by atoms with Crippen LogP contribution in [0.3, 0.4) is 0 Å². The number of halogens is 3. The Hall–Kier alpha value is -3.51. The zero-order valence-corrected chi connectivity index (χ0v) is 21.9. The van der Waals surface area contributed by atoms with Crippen molar-refractivity contribution in [3.8, 4) is 11.5 Å². The van der Waals surface area contributed by atoms with Crippen molar-refractivity contribution >= 4 is 11.5 Å². The molecule has 1 N–H and O–H groups in total. The molecule has 2 atom stereocenters. The number of anilines is 1. The number of rotatable bonds is 7. The molecule has 1 aliphatic heterocycles. The van der Waals surface area contributed by atoms with Crippen molar-refractivity contribution < 1.29 is 17.9 Å². The summed E-state index contributed by atoms with van der Waals surface area (Å²) in [5.74, 6) is 1.04. The van der Waals surface area contributed by atoms with Crippen LogP contribution in [0.2, 0.25) is 0 Å². The van der Waals surface area contributed by atoms with Gasteiger partial charge in [0.2, 0.25) is 0 Å². The van der Waals surface area contributed by atoms with Crippen LogP contribution in [0.15, 0.2) is 49.2 Å². The lowest BCUT2D eigenvalue weighted by molar-refractivity contribution is -0.137. The number of piperazine rings is 1. The minimum Gasteiger partial charge on any atom is -0.384 e. The largest absolute Gasteiger partial charge is 0.417 e. The lowest BCUT2D eigenvalue weighted by Gasteiger charge is -2.52. The predicted octanol–water partition coefficient (Wildman–Crippen LogP) is 4.60. The summed E-state index contributed by atoms with van der Waals surface area (Å²) in [6, 6.07) is 4.37. The van der Waals surface area contributed by atoms with Crippen molar-refractivity contribution in [1.82, 2.24) is 34.4 Å². The summed E-state index contributed by atoms with van der Waals surface area (Å²) in [6.45, 7) is 5.47. The molecule has 12 heteroatoms. The van der Waals surface area contributed by atoms with Crippen LogP contribution in [0.1, 0.15) is 43.4 Å². The van der Waals surface area contributed by atoms with Gasteiger partial charge in [-0.15, -0.1) is 0 Å². The summed E-state index contributed by atoms with van der Waals surface area (Å²) in [5, 5.41) is 7.19. The number of aromatic nitrogens is 6. The standard InChI is InChI=1S/C27H31F3N8O/c1-18-24(19-12-33-34-13-19)36(16-26(17-39-2)7-3-8-26)10-11-37(18)23-6-9-31-25(35-23)21-14-32-22-5-4-20(15-38(21)22)27(28,29)30/h4-6,9,12-15,18,24H,3,7-8,10-11,16-17H2,1-2H3,(H,33,34)/t18-,24-/m0/s1. The van der Waals surface area contributed by atoms with E-state index in [4.69, 9.17) is 9.72 Å². The van der Waals surface area contributed by atoms with Crippen LogP contribution in [-0.2, 0) is 10.9 Å². The monoisotopic (exact) mass is 540 g/mol. The second-order valence-corrected chi connectivity index (χ2v) is 10.7. The molecule has 206 valence electrons. The van der Waals surface area contributed by atoms with Gasteiger partial charge in [-0.2, -0.15) is 18.3 Å². The maximum Gasteiger partial charge on any atom is 0.417 e. The molecule has 39 heavy (non-hydrogen) atoms. The van der Waals surface area contributed by atoms with E-state index < -0.39 is 11.7 Å². The van der Waals surface area contributed by atoms with Crippen LogP contribution in [-0.4, -0.2) is 73.8 Å². The third kappa shape index (κ3) is 4.76. The minimum atomic E-state index is -4.46. The molecule has 5 heterocycles. The van der Waals surface area contributed by atoms with Gasteiger partial charge in [-0.1, -0.05) is 6.42 Å².